The van der Waals surface area contributed by atoms with Gasteiger partial charge in [0.2, 0.25) is 0 Å². The molecule has 2 aliphatic rings. The molecule has 2 aliphatic heterocycles. The Bertz CT molecular complexity index is 734. The van der Waals surface area contributed by atoms with Gasteiger partial charge in [-0.05, 0) is 38.1 Å². The molecule has 142 valence electrons. The smallest absolute Gasteiger partial charge is 0.266 e. The van der Waals surface area contributed by atoms with E-state index >= 15 is 0 Å². The van der Waals surface area contributed by atoms with Crippen molar-refractivity contribution in [3.8, 4) is 11.3 Å². The van der Waals surface area contributed by atoms with Crippen LogP contribution in [-0.4, -0.2) is 42.0 Å². The number of likely N-dealkylation sites (tertiary alicyclic amines) is 1. The number of amides is 1. The second kappa shape index (κ2) is 8.70. The zero-order valence-electron chi connectivity index (χ0n) is 14.9. The van der Waals surface area contributed by atoms with Crippen LogP contribution in [0, 0.1) is 12.3 Å². The summed E-state index contributed by atoms with van der Waals surface area (Å²) in [7, 11) is 0. The summed E-state index contributed by atoms with van der Waals surface area (Å²) in [6.45, 7) is 5.95. The molecule has 1 aromatic heterocycles. The molecule has 2 saturated heterocycles. The number of piperidine rings is 1. The summed E-state index contributed by atoms with van der Waals surface area (Å²) in [5.74, 6) is 0.153. The van der Waals surface area contributed by atoms with E-state index in [2.05, 4.69) is 10.3 Å². The molecule has 2 aromatic rings. The van der Waals surface area contributed by atoms with Gasteiger partial charge >= 0.3 is 0 Å². The van der Waals surface area contributed by atoms with Gasteiger partial charge < -0.3 is 10.2 Å². The Balaban J connectivity index is 0.00000121. The minimum atomic E-state index is 0. The number of carbonyl (C=O) groups excluding carboxylic acids is 1. The van der Waals surface area contributed by atoms with Gasteiger partial charge in [-0.25, -0.2) is 4.98 Å². The molecule has 3 heterocycles. The molecular formula is C19H25Cl2N3OS. The summed E-state index contributed by atoms with van der Waals surface area (Å²) < 4.78 is 0. The number of rotatable bonds is 2. The molecule has 0 aliphatic carbocycles. The van der Waals surface area contributed by atoms with Crippen LogP contribution in [0.2, 0.25) is 0 Å². The Morgan fingerprint density at radius 1 is 1.15 bits per heavy atom. The Morgan fingerprint density at radius 3 is 2.46 bits per heavy atom. The van der Waals surface area contributed by atoms with Gasteiger partial charge in [0.15, 0.2) is 0 Å². The first-order valence-corrected chi connectivity index (χ1v) is 9.51. The molecule has 1 spiro atoms. The summed E-state index contributed by atoms with van der Waals surface area (Å²) in [5.41, 5.74) is 2.30. The predicted octanol–water partition coefficient (Wildman–Crippen LogP) is 4.18. The molecule has 1 aromatic carbocycles. The fraction of sp³-hybridized carbons (Fsp3) is 0.474. The van der Waals surface area contributed by atoms with Crippen LogP contribution in [0.5, 0.6) is 0 Å². The van der Waals surface area contributed by atoms with Gasteiger partial charge in [0.1, 0.15) is 4.88 Å². The maximum atomic E-state index is 13.1. The first-order valence-electron chi connectivity index (χ1n) is 8.70. The third kappa shape index (κ3) is 4.06. The van der Waals surface area contributed by atoms with Crippen LogP contribution in [0.15, 0.2) is 30.3 Å². The lowest BCUT2D eigenvalue weighted by Crippen LogP contribution is -2.43. The molecule has 2 fully saturated rings. The van der Waals surface area contributed by atoms with Crippen molar-refractivity contribution < 1.29 is 4.79 Å². The standard InChI is InChI=1S/C19H23N3OS.2ClH/c1-14-21-16(15-5-3-2-4-6-15)17(24-14)18(23)22-11-8-19(9-12-22)7-10-20-13-19;;/h2-6,20H,7-13H2,1H3;2*1H. The number of benzene rings is 1. The van der Waals surface area contributed by atoms with Crippen molar-refractivity contribution in [2.24, 2.45) is 5.41 Å². The van der Waals surface area contributed by atoms with E-state index in [0.717, 1.165) is 60.2 Å². The minimum Gasteiger partial charge on any atom is -0.338 e. The van der Waals surface area contributed by atoms with Crippen LogP contribution >= 0.6 is 36.2 Å². The second-order valence-electron chi connectivity index (χ2n) is 7.00. The highest BCUT2D eigenvalue weighted by atomic mass is 35.5. The number of carbonyl (C=O) groups is 1. The van der Waals surface area contributed by atoms with Gasteiger partial charge in [-0.2, -0.15) is 0 Å². The Labute approximate surface area is 171 Å². The highest BCUT2D eigenvalue weighted by molar-refractivity contribution is 7.14. The van der Waals surface area contributed by atoms with Crippen molar-refractivity contribution >= 4 is 42.1 Å². The Kier molecular flexibility index (Phi) is 7.08. The quantitative estimate of drug-likeness (QED) is 0.802. The average molecular weight is 414 g/mol. The molecule has 7 heteroatoms. The molecule has 1 N–H and O–H groups in total. The van der Waals surface area contributed by atoms with Crippen LogP contribution in [0.25, 0.3) is 11.3 Å². The summed E-state index contributed by atoms with van der Waals surface area (Å²) in [6.07, 6.45) is 3.48. The van der Waals surface area contributed by atoms with Gasteiger partial charge in [0.05, 0.1) is 10.7 Å². The molecule has 0 bridgehead atoms. The minimum absolute atomic E-state index is 0. The number of aryl methyl sites for hydroxylation is 1. The van der Waals surface area contributed by atoms with Crippen molar-refractivity contribution in [1.82, 2.24) is 15.2 Å². The van der Waals surface area contributed by atoms with E-state index in [-0.39, 0.29) is 30.7 Å². The van der Waals surface area contributed by atoms with Crippen molar-refractivity contribution in [1.29, 1.82) is 0 Å². The number of halogens is 2. The number of nitrogens with one attached hydrogen (secondary N) is 1. The van der Waals surface area contributed by atoms with Crippen LogP contribution in [0.1, 0.15) is 33.9 Å². The second-order valence-corrected chi connectivity index (χ2v) is 8.20. The normalized spacial score (nSPS) is 18.3. The number of hydrogen-bond donors (Lipinski definition) is 1. The maximum Gasteiger partial charge on any atom is 0.266 e. The van der Waals surface area contributed by atoms with Crippen molar-refractivity contribution in [3.05, 3.63) is 40.2 Å². The van der Waals surface area contributed by atoms with Crippen molar-refractivity contribution in [2.75, 3.05) is 26.2 Å². The van der Waals surface area contributed by atoms with Crippen LogP contribution in [-0.2, 0) is 0 Å². The summed E-state index contributed by atoms with van der Waals surface area (Å²) in [4.78, 5) is 20.5. The lowest BCUT2D eigenvalue weighted by molar-refractivity contribution is 0.0613. The van der Waals surface area contributed by atoms with Gasteiger partial charge in [0.25, 0.3) is 5.91 Å². The van der Waals surface area contributed by atoms with Crippen molar-refractivity contribution in [3.63, 3.8) is 0 Å². The fourth-order valence-corrected chi connectivity index (χ4v) is 4.82. The molecule has 26 heavy (non-hydrogen) atoms. The van der Waals surface area contributed by atoms with Crippen LogP contribution in [0.3, 0.4) is 0 Å². The molecule has 0 saturated carbocycles. The molecular weight excluding hydrogens is 389 g/mol. The number of hydrogen-bond acceptors (Lipinski definition) is 4. The van der Waals surface area contributed by atoms with Crippen molar-refractivity contribution in [2.45, 2.75) is 26.2 Å². The number of thiazole rings is 1. The topological polar surface area (TPSA) is 45.2 Å². The SMILES string of the molecule is Cc1nc(-c2ccccc2)c(C(=O)N2CCC3(CCNC3)CC2)s1.Cl.Cl. The monoisotopic (exact) mass is 413 g/mol. The molecule has 4 nitrogen and oxygen atoms in total. The molecule has 0 unspecified atom stereocenters. The third-order valence-electron chi connectivity index (χ3n) is 5.42. The number of aromatic nitrogens is 1. The van der Waals surface area contributed by atoms with Crippen LogP contribution < -0.4 is 5.32 Å². The molecule has 0 atom stereocenters. The average Bonchev–Trinajstić information content (AvgIpc) is 3.23. The first-order chi connectivity index (χ1) is 11.7. The Morgan fingerprint density at radius 2 is 1.85 bits per heavy atom. The molecule has 0 radical (unpaired) electrons. The first kappa shape index (κ1) is 21.2. The summed E-state index contributed by atoms with van der Waals surface area (Å²) in [6, 6.07) is 10.0. The summed E-state index contributed by atoms with van der Waals surface area (Å²) in [5, 5.41) is 4.43. The third-order valence-corrected chi connectivity index (χ3v) is 6.38. The molecule has 4 rings (SSSR count). The highest BCUT2D eigenvalue weighted by Crippen LogP contribution is 2.38. The van der Waals surface area contributed by atoms with Gasteiger partial charge in [-0.1, -0.05) is 30.3 Å². The molecule has 1 amide bonds. The van der Waals surface area contributed by atoms with E-state index in [1.54, 1.807) is 0 Å². The largest absolute Gasteiger partial charge is 0.338 e. The van der Waals surface area contributed by atoms with E-state index in [0.29, 0.717) is 5.41 Å². The van der Waals surface area contributed by atoms with Crippen LogP contribution in [0.4, 0.5) is 0 Å². The van der Waals surface area contributed by atoms with Gasteiger partial charge in [0, 0.05) is 25.2 Å². The highest BCUT2D eigenvalue weighted by Gasteiger charge is 2.38. The lowest BCUT2D eigenvalue weighted by atomic mass is 9.78. The van der Waals surface area contributed by atoms with E-state index in [9.17, 15) is 4.79 Å². The van der Waals surface area contributed by atoms with Gasteiger partial charge in [-0.15, -0.1) is 36.2 Å². The predicted molar refractivity (Wildman–Crippen MR) is 112 cm³/mol. The zero-order chi connectivity index (χ0) is 16.6. The number of nitrogens with zero attached hydrogens (tertiary/aromatic N) is 2. The van der Waals surface area contributed by atoms with E-state index < -0.39 is 0 Å². The fourth-order valence-electron chi connectivity index (χ4n) is 3.91. The Hall–Kier alpha value is -1.14. The summed E-state index contributed by atoms with van der Waals surface area (Å²) >= 11 is 1.52. The lowest BCUT2D eigenvalue weighted by Gasteiger charge is -2.38. The van der Waals surface area contributed by atoms with E-state index in [4.69, 9.17) is 0 Å². The van der Waals surface area contributed by atoms with E-state index in [1.165, 1.54) is 17.8 Å². The zero-order valence-corrected chi connectivity index (χ0v) is 17.3. The maximum absolute atomic E-state index is 13.1. The van der Waals surface area contributed by atoms with E-state index in [1.807, 2.05) is 42.2 Å². The van der Waals surface area contributed by atoms with Gasteiger partial charge in [-0.3, -0.25) is 4.79 Å².